The molecule has 1 saturated heterocycles. The molecule has 3 atom stereocenters. The monoisotopic (exact) mass is 726 g/mol. The smallest absolute Gasteiger partial charge is 0.281 e. The summed E-state index contributed by atoms with van der Waals surface area (Å²) in [6.07, 6.45) is -0.688. The maximum absolute atomic E-state index is 13.3. The maximum atomic E-state index is 13.3. The van der Waals surface area contributed by atoms with Crippen LogP contribution in [-0.4, -0.2) is 55.5 Å². The number of aromatic nitrogens is 1. The molecule has 3 rings (SSSR count). The minimum Gasteiger partial charge on any atom is -0.427 e. The predicted molar refractivity (Wildman–Crippen MR) is 151 cm³/mol. The third-order valence-corrected chi connectivity index (χ3v) is 7.61. The van der Waals surface area contributed by atoms with Crippen molar-refractivity contribution in [2.45, 2.75) is 58.8 Å². The zero-order valence-electron chi connectivity index (χ0n) is 19.8. The zero-order chi connectivity index (χ0) is 25.9. The summed E-state index contributed by atoms with van der Waals surface area (Å²) >= 11 is 4.94. The van der Waals surface area contributed by atoms with E-state index in [0.29, 0.717) is 5.75 Å². The highest BCUT2D eigenvalue weighted by Gasteiger charge is 2.44. The lowest BCUT2D eigenvalue weighted by Crippen LogP contribution is -2.57. The van der Waals surface area contributed by atoms with Crippen molar-refractivity contribution in [3.63, 3.8) is 0 Å². The molecule has 1 aromatic carbocycles. The second kappa shape index (κ2) is 11.7. The van der Waals surface area contributed by atoms with Crippen molar-refractivity contribution >= 4 is 72.7 Å². The second-order valence-electron chi connectivity index (χ2n) is 9.50. The third-order valence-electron chi connectivity index (χ3n) is 5.85. The third kappa shape index (κ3) is 6.83. The molecular weight excluding hydrogens is 698 g/mol. The number of likely N-dealkylation sites (tertiary alicyclic amines) is 1. The lowest BCUT2D eigenvalue weighted by atomic mass is 9.85. The van der Waals surface area contributed by atoms with Crippen molar-refractivity contribution in [3.8, 4) is 16.2 Å². The molecule has 0 aliphatic carbocycles. The van der Waals surface area contributed by atoms with Gasteiger partial charge in [-0.3, -0.25) is 14.4 Å². The van der Waals surface area contributed by atoms with E-state index >= 15 is 0 Å². The summed E-state index contributed by atoms with van der Waals surface area (Å²) in [6, 6.07) is 4.09. The molecule has 9 nitrogen and oxygen atoms in total. The number of nitrogens with one attached hydrogen (secondary N) is 2. The van der Waals surface area contributed by atoms with E-state index in [-0.39, 0.29) is 35.2 Å². The Kier molecular flexibility index (Phi) is 9.37. The number of benzene rings is 1. The van der Waals surface area contributed by atoms with E-state index in [1.54, 1.807) is 39.4 Å². The highest BCUT2D eigenvalue weighted by atomic mass is 127. The fourth-order valence-electron chi connectivity index (χ4n) is 4.03. The van der Waals surface area contributed by atoms with Gasteiger partial charge in [0.1, 0.15) is 17.8 Å². The number of thiazole rings is 1. The number of nitrogens with zero attached hydrogens (tertiary/aromatic N) is 2. The number of carbonyl (C=O) groups excluding carboxylic acids is 3. The fourth-order valence-corrected chi connectivity index (χ4v) is 5.55. The summed E-state index contributed by atoms with van der Waals surface area (Å²) in [6.45, 7) is 7.70. The van der Waals surface area contributed by atoms with Crippen molar-refractivity contribution < 1.29 is 22.6 Å². The number of aliphatic hydroxyl groups excluding tert-OH is 1. The quantitative estimate of drug-likeness (QED) is 0.226. The molecule has 1 aliphatic rings. The molecule has 2 heterocycles. The first-order chi connectivity index (χ1) is 16.4. The molecule has 1 aliphatic heterocycles. The van der Waals surface area contributed by atoms with Crippen molar-refractivity contribution in [1.29, 1.82) is 0 Å². The Morgan fingerprint density at radius 2 is 2.06 bits per heavy atom. The fraction of sp³-hybridized carbons (Fsp3) is 0.478. The molecule has 0 bridgehead atoms. The summed E-state index contributed by atoms with van der Waals surface area (Å²) < 4.78 is 5.16. The Morgan fingerprint density at radius 1 is 1.34 bits per heavy atom. The summed E-state index contributed by atoms with van der Waals surface area (Å²) in [5.41, 5.74) is 3.92. The van der Waals surface area contributed by atoms with Gasteiger partial charge in [-0.1, -0.05) is 32.9 Å². The van der Waals surface area contributed by atoms with Crippen molar-refractivity contribution in [3.05, 3.63) is 35.0 Å². The number of rotatable bonds is 7. The Balaban J connectivity index is 1.74. The van der Waals surface area contributed by atoms with E-state index in [2.05, 4.69) is 15.6 Å². The van der Waals surface area contributed by atoms with E-state index in [1.165, 1.54) is 4.90 Å². The van der Waals surface area contributed by atoms with Crippen LogP contribution in [-0.2, 0) is 16.1 Å². The minimum absolute atomic E-state index is 0.0334. The Morgan fingerprint density at radius 3 is 2.63 bits per heavy atom. The number of hydrogen-bond donors (Lipinski definition) is 3. The van der Waals surface area contributed by atoms with Crippen LogP contribution in [0.4, 0.5) is 4.79 Å². The molecule has 0 radical (unpaired) electrons. The van der Waals surface area contributed by atoms with Crippen LogP contribution >= 0.6 is 56.9 Å². The first kappa shape index (κ1) is 28.1. The highest BCUT2D eigenvalue weighted by Crippen LogP contribution is 2.33. The van der Waals surface area contributed by atoms with E-state index in [1.807, 2.05) is 68.9 Å². The van der Waals surface area contributed by atoms with Crippen LogP contribution in [0.3, 0.4) is 0 Å². The molecule has 2 aromatic rings. The molecule has 0 saturated carbocycles. The lowest BCUT2D eigenvalue weighted by Gasteiger charge is -2.34. The van der Waals surface area contributed by atoms with E-state index in [0.717, 1.165) is 21.7 Å². The van der Waals surface area contributed by atoms with Crippen molar-refractivity contribution in [1.82, 2.24) is 20.5 Å². The number of aryl methyl sites for hydroxylation is 1. The number of carbonyl (C=O) groups is 3. The van der Waals surface area contributed by atoms with E-state index in [4.69, 9.17) is 3.07 Å². The largest absolute Gasteiger partial charge is 0.427 e. The average molecular weight is 726 g/mol. The number of hydrogen-bond acceptors (Lipinski definition) is 7. The van der Waals surface area contributed by atoms with Gasteiger partial charge in [0, 0.05) is 47.7 Å². The molecule has 3 amide bonds. The highest BCUT2D eigenvalue weighted by molar-refractivity contribution is 14.1. The summed E-state index contributed by atoms with van der Waals surface area (Å²) in [7, 11) is 0. The van der Waals surface area contributed by atoms with Crippen molar-refractivity contribution in [2.75, 3.05) is 6.54 Å². The van der Waals surface area contributed by atoms with Gasteiger partial charge >= 0.3 is 0 Å². The van der Waals surface area contributed by atoms with Crippen LogP contribution in [0.5, 0.6) is 5.75 Å². The van der Waals surface area contributed by atoms with E-state index in [9.17, 15) is 19.5 Å². The molecule has 0 spiro atoms. The van der Waals surface area contributed by atoms with Gasteiger partial charge in [-0.25, -0.2) is 4.98 Å². The summed E-state index contributed by atoms with van der Waals surface area (Å²) in [5, 5.41) is 15.8. The van der Waals surface area contributed by atoms with Crippen molar-refractivity contribution in [2.24, 2.45) is 5.41 Å². The van der Waals surface area contributed by atoms with Crippen LogP contribution in [0.15, 0.2) is 23.7 Å². The first-order valence-corrected chi connectivity index (χ1v) is 13.8. The summed E-state index contributed by atoms with van der Waals surface area (Å²) in [4.78, 5) is 44.9. The molecule has 3 N–H and O–H groups in total. The van der Waals surface area contributed by atoms with Gasteiger partial charge in [0.05, 0.1) is 22.2 Å². The molecule has 1 fully saturated rings. The second-order valence-corrected chi connectivity index (χ2v) is 11.8. The van der Waals surface area contributed by atoms with Gasteiger partial charge in [0.15, 0.2) is 23.0 Å². The van der Waals surface area contributed by atoms with Crippen LogP contribution in [0, 0.1) is 12.3 Å². The number of aliphatic hydroxyl groups is 1. The van der Waals surface area contributed by atoms with Crippen LogP contribution in [0.25, 0.3) is 10.4 Å². The van der Waals surface area contributed by atoms with Gasteiger partial charge in [-0.05, 0) is 24.0 Å². The number of β-amino-alcohol motifs (C(OH)–C–C–N with tert-alkyl or cyclic N) is 1. The molecule has 1 aromatic heterocycles. The minimum atomic E-state index is -0.837. The van der Waals surface area contributed by atoms with Crippen LogP contribution in [0.1, 0.15) is 38.4 Å². The van der Waals surface area contributed by atoms with Gasteiger partial charge in [0.2, 0.25) is 11.8 Å². The Labute approximate surface area is 236 Å². The zero-order valence-corrected chi connectivity index (χ0v) is 24.9. The average Bonchev–Trinajstić information content (AvgIpc) is 3.39. The molecule has 12 heteroatoms. The van der Waals surface area contributed by atoms with Crippen LogP contribution in [0.2, 0.25) is 0 Å². The Hall–Kier alpha value is -1.52. The predicted octanol–water partition coefficient (Wildman–Crippen LogP) is 3.98. The number of amides is 3. The van der Waals surface area contributed by atoms with E-state index < -0.39 is 23.6 Å². The lowest BCUT2D eigenvalue weighted by molar-refractivity contribution is -0.141. The normalized spacial score (nSPS) is 18.8. The number of halogens is 2. The summed E-state index contributed by atoms with van der Waals surface area (Å²) in [5.74, 6) is -0.141. The standard InChI is InChI=1S/C23H28I2N4O5S/c1-12-18(35-11-27-12)13-5-6-14(17(7-13)34-25)9-26-20(31)16-8-15(30)10-29(16)21(32)19(23(2,3)4)28-22(24)33/h5-7,11,15-16,19,30H,8-10H2,1-4H3,(H,26,31)(H,28,33). The SMILES string of the molecule is Cc1ncsc1-c1ccc(CNC(=O)C2CC(O)CN2C(=O)C(NC(=O)I)C(C)(C)C)c(OI)c1. The Bertz CT molecular complexity index is 1100. The maximum Gasteiger partial charge on any atom is 0.281 e. The molecule has 35 heavy (non-hydrogen) atoms. The van der Waals surface area contributed by atoms with Gasteiger partial charge in [0.25, 0.3) is 3.91 Å². The van der Waals surface area contributed by atoms with Gasteiger partial charge in [-0.15, -0.1) is 11.3 Å². The molecule has 190 valence electrons. The molecular formula is C23H28I2N4O5S. The van der Waals surface area contributed by atoms with Gasteiger partial charge < -0.3 is 23.7 Å². The van der Waals surface area contributed by atoms with Gasteiger partial charge in [-0.2, -0.15) is 0 Å². The molecule has 3 unspecified atom stereocenters. The first-order valence-electron chi connectivity index (χ1n) is 11.0. The van der Waals surface area contributed by atoms with Crippen LogP contribution < -0.4 is 13.7 Å². The topological polar surface area (TPSA) is 121 Å².